The van der Waals surface area contributed by atoms with Gasteiger partial charge in [0.2, 0.25) is 0 Å². The van der Waals surface area contributed by atoms with Crippen LogP contribution < -0.4 is 15.4 Å². The number of aliphatic hydroxyl groups is 1. The van der Waals surface area contributed by atoms with Gasteiger partial charge in [-0.05, 0) is 67.1 Å². The highest BCUT2D eigenvalue weighted by atomic mass is 16.5. The molecule has 0 fully saturated rings. The number of fused-ring (bicyclic) bond motifs is 1. The van der Waals surface area contributed by atoms with Gasteiger partial charge in [0.15, 0.2) is 0 Å². The average molecular weight is 472 g/mol. The molecule has 0 unspecified atom stereocenters. The van der Waals surface area contributed by atoms with Gasteiger partial charge in [-0.15, -0.1) is 0 Å². The monoisotopic (exact) mass is 471 g/mol. The number of carbonyl (C=O) groups excluding carboxylic acids is 1. The summed E-state index contributed by atoms with van der Waals surface area (Å²) in [6.45, 7) is 4.42. The minimum absolute atomic E-state index is 0.214. The molecular formula is C29H33N3O3. The number of carbonyl (C=O) groups is 1. The molecular weight excluding hydrogens is 438 g/mol. The Morgan fingerprint density at radius 2 is 1.83 bits per heavy atom. The summed E-state index contributed by atoms with van der Waals surface area (Å²) in [5.41, 5.74) is 3.14. The first-order chi connectivity index (χ1) is 16.9. The van der Waals surface area contributed by atoms with Gasteiger partial charge in [0, 0.05) is 29.4 Å². The lowest BCUT2D eigenvalue weighted by molar-refractivity contribution is 0.0814. The molecule has 0 saturated carbocycles. The zero-order valence-corrected chi connectivity index (χ0v) is 20.4. The van der Waals surface area contributed by atoms with E-state index in [4.69, 9.17) is 4.74 Å². The van der Waals surface area contributed by atoms with Crippen molar-refractivity contribution in [2.45, 2.75) is 38.0 Å². The molecule has 0 bridgehead atoms. The number of aromatic nitrogens is 1. The summed E-state index contributed by atoms with van der Waals surface area (Å²) in [6, 6.07) is 24.8. The highest BCUT2D eigenvalue weighted by Crippen LogP contribution is 2.24. The third-order valence-electron chi connectivity index (χ3n) is 6.44. The first-order valence-corrected chi connectivity index (χ1v) is 11.9. The van der Waals surface area contributed by atoms with Crippen LogP contribution in [0.4, 0.5) is 0 Å². The molecule has 1 heterocycles. The molecule has 4 N–H and O–H groups in total. The molecule has 0 aliphatic heterocycles. The minimum atomic E-state index is -0.807. The van der Waals surface area contributed by atoms with Crippen molar-refractivity contribution < 1.29 is 14.6 Å². The molecule has 4 aromatic rings. The van der Waals surface area contributed by atoms with Gasteiger partial charge in [-0.2, -0.15) is 0 Å². The van der Waals surface area contributed by atoms with Crippen LogP contribution in [-0.2, 0) is 12.0 Å². The number of aromatic amines is 1. The van der Waals surface area contributed by atoms with Gasteiger partial charge in [-0.1, -0.05) is 48.5 Å². The number of amides is 1. The van der Waals surface area contributed by atoms with E-state index in [1.165, 1.54) is 0 Å². The van der Waals surface area contributed by atoms with Crippen molar-refractivity contribution >= 4 is 16.8 Å². The van der Waals surface area contributed by atoms with Crippen molar-refractivity contribution in [2.75, 3.05) is 13.7 Å². The third kappa shape index (κ3) is 6.10. The maximum atomic E-state index is 13.1. The molecule has 4 rings (SSSR count). The minimum Gasteiger partial charge on any atom is -0.497 e. The summed E-state index contributed by atoms with van der Waals surface area (Å²) < 4.78 is 5.36. The van der Waals surface area contributed by atoms with Crippen molar-refractivity contribution in [1.29, 1.82) is 0 Å². The van der Waals surface area contributed by atoms with Gasteiger partial charge in [-0.3, -0.25) is 4.79 Å². The molecule has 3 aromatic carbocycles. The van der Waals surface area contributed by atoms with Crippen molar-refractivity contribution in [1.82, 2.24) is 15.6 Å². The van der Waals surface area contributed by atoms with Gasteiger partial charge in [0.1, 0.15) is 5.75 Å². The van der Waals surface area contributed by atoms with E-state index in [1.54, 1.807) is 7.11 Å². The van der Waals surface area contributed by atoms with E-state index in [0.717, 1.165) is 27.8 Å². The number of nitrogens with one attached hydrogen (secondary N) is 3. The fourth-order valence-corrected chi connectivity index (χ4v) is 4.21. The highest BCUT2D eigenvalue weighted by Gasteiger charge is 2.26. The van der Waals surface area contributed by atoms with Crippen LogP contribution in [0.15, 0.2) is 85.1 Å². The van der Waals surface area contributed by atoms with Crippen molar-refractivity contribution in [3.05, 3.63) is 102 Å². The topological polar surface area (TPSA) is 86.4 Å². The summed E-state index contributed by atoms with van der Waals surface area (Å²) in [6.07, 6.45) is 1.56. The molecule has 35 heavy (non-hydrogen) atoms. The normalized spacial score (nSPS) is 13.4. The fourth-order valence-electron chi connectivity index (χ4n) is 4.21. The van der Waals surface area contributed by atoms with E-state index in [2.05, 4.69) is 29.5 Å². The SMILES string of the molecule is COc1cccc(C(C)(C)NC[C@@H](O)[C@H](Cc2ccccc2)NC(=O)c2ccc3cc[nH]c3c2)c1. The summed E-state index contributed by atoms with van der Waals surface area (Å²) in [7, 11) is 1.65. The lowest BCUT2D eigenvalue weighted by Crippen LogP contribution is -2.51. The van der Waals surface area contributed by atoms with Gasteiger partial charge in [-0.25, -0.2) is 0 Å². The number of hydrogen-bond acceptors (Lipinski definition) is 4. The summed E-state index contributed by atoms with van der Waals surface area (Å²) >= 11 is 0. The molecule has 6 heteroatoms. The Bertz CT molecular complexity index is 1270. The maximum Gasteiger partial charge on any atom is 0.251 e. The third-order valence-corrected chi connectivity index (χ3v) is 6.44. The van der Waals surface area contributed by atoms with Gasteiger partial charge >= 0.3 is 0 Å². The first kappa shape index (κ1) is 24.5. The molecule has 0 radical (unpaired) electrons. The summed E-state index contributed by atoms with van der Waals surface area (Å²) in [5, 5.41) is 18.8. The number of benzene rings is 3. The number of aliphatic hydroxyl groups excluding tert-OH is 1. The molecule has 2 atom stereocenters. The van der Waals surface area contributed by atoms with E-state index in [-0.39, 0.29) is 5.91 Å². The molecule has 6 nitrogen and oxygen atoms in total. The Hall–Kier alpha value is -3.61. The van der Waals surface area contributed by atoms with E-state index in [1.807, 2.05) is 85.1 Å². The molecule has 0 spiro atoms. The molecule has 0 saturated heterocycles. The van der Waals surface area contributed by atoms with E-state index in [9.17, 15) is 9.90 Å². The quantitative estimate of drug-likeness (QED) is 0.276. The van der Waals surface area contributed by atoms with Crippen molar-refractivity contribution in [3.63, 3.8) is 0 Å². The smallest absolute Gasteiger partial charge is 0.251 e. The van der Waals surface area contributed by atoms with Crippen LogP contribution in [0.25, 0.3) is 10.9 Å². The summed E-state index contributed by atoms with van der Waals surface area (Å²) in [4.78, 5) is 16.3. The van der Waals surface area contributed by atoms with Crippen LogP contribution in [0.2, 0.25) is 0 Å². The van der Waals surface area contributed by atoms with Crippen LogP contribution in [0.1, 0.15) is 35.3 Å². The number of methoxy groups -OCH3 is 1. The van der Waals surface area contributed by atoms with Crippen molar-refractivity contribution in [3.8, 4) is 5.75 Å². The maximum absolute atomic E-state index is 13.1. The summed E-state index contributed by atoms with van der Waals surface area (Å²) in [5.74, 6) is 0.569. The number of ether oxygens (including phenoxy) is 1. The molecule has 182 valence electrons. The number of hydrogen-bond donors (Lipinski definition) is 4. The van der Waals surface area contributed by atoms with Crippen LogP contribution >= 0.6 is 0 Å². The van der Waals surface area contributed by atoms with Gasteiger partial charge < -0.3 is 25.5 Å². The largest absolute Gasteiger partial charge is 0.497 e. The zero-order valence-electron chi connectivity index (χ0n) is 20.4. The van der Waals surface area contributed by atoms with Crippen LogP contribution in [0.3, 0.4) is 0 Å². The molecule has 0 aliphatic carbocycles. The van der Waals surface area contributed by atoms with E-state index < -0.39 is 17.7 Å². The van der Waals surface area contributed by atoms with Gasteiger partial charge in [0.05, 0.1) is 19.3 Å². The fraction of sp³-hybridized carbons (Fsp3) is 0.276. The second-order valence-corrected chi connectivity index (χ2v) is 9.35. The lowest BCUT2D eigenvalue weighted by atomic mass is 9.93. The Morgan fingerprint density at radius 1 is 1.03 bits per heavy atom. The van der Waals surface area contributed by atoms with Crippen LogP contribution in [0, 0.1) is 0 Å². The predicted octanol–water partition coefficient (Wildman–Crippen LogP) is 4.40. The van der Waals surface area contributed by atoms with E-state index in [0.29, 0.717) is 18.5 Å². The van der Waals surface area contributed by atoms with Gasteiger partial charge in [0.25, 0.3) is 5.91 Å². The van der Waals surface area contributed by atoms with Crippen molar-refractivity contribution in [2.24, 2.45) is 0 Å². The Balaban J connectivity index is 1.49. The Kier molecular flexibility index (Phi) is 7.54. The Labute approximate surface area is 206 Å². The van der Waals surface area contributed by atoms with Crippen LogP contribution in [-0.4, -0.2) is 41.8 Å². The van der Waals surface area contributed by atoms with Crippen LogP contribution in [0.5, 0.6) is 5.75 Å². The highest BCUT2D eigenvalue weighted by molar-refractivity contribution is 5.98. The first-order valence-electron chi connectivity index (χ1n) is 11.9. The molecule has 1 amide bonds. The zero-order chi connectivity index (χ0) is 24.8. The Morgan fingerprint density at radius 3 is 2.60 bits per heavy atom. The van der Waals surface area contributed by atoms with E-state index >= 15 is 0 Å². The predicted molar refractivity (Wildman–Crippen MR) is 140 cm³/mol. The number of rotatable bonds is 10. The second-order valence-electron chi connectivity index (χ2n) is 9.35. The average Bonchev–Trinajstić information content (AvgIpc) is 3.35. The molecule has 1 aromatic heterocycles. The number of H-pyrrole nitrogens is 1. The standard InChI is InChI=1S/C29H33N3O3/c1-29(2,23-10-7-11-24(18-23)35-3)31-19-27(33)26(16-20-8-5-4-6-9-20)32-28(34)22-13-12-21-14-15-30-25(21)17-22/h4-15,17-18,26-27,30-31,33H,16,19H2,1-3H3,(H,32,34)/t26-,27+/m0/s1. The lowest BCUT2D eigenvalue weighted by Gasteiger charge is -2.31. The second kappa shape index (κ2) is 10.8. The molecule has 0 aliphatic rings.